The Kier molecular flexibility index (Phi) is 7.39. The van der Waals surface area contributed by atoms with Crippen LogP contribution in [-0.2, 0) is 11.0 Å². The van der Waals surface area contributed by atoms with Crippen molar-refractivity contribution in [2.75, 3.05) is 18.2 Å². The van der Waals surface area contributed by atoms with Crippen molar-refractivity contribution in [2.24, 2.45) is 0 Å². The molecule has 1 N–H and O–H groups in total. The molecule has 0 bridgehead atoms. The van der Waals surface area contributed by atoms with Gasteiger partial charge < -0.3 is 10.1 Å². The average molecular weight is 499 g/mol. The number of hydrogen-bond acceptors (Lipinski definition) is 7. The summed E-state index contributed by atoms with van der Waals surface area (Å²) in [6.45, 7) is 0. The third-order valence-electron chi connectivity index (χ3n) is 4.13. The average Bonchev–Trinajstić information content (AvgIpc) is 2.77. The molecule has 0 atom stereocenters. The number of alkyl halides is 3. The monoisotopic (exact) mass is 498 g/mol. The molecule has 0 fully saturated rings. The second kappa shape index (κ2) is 10.0. The fourth-order valence-corrected chi connectivity index (χ4v) is 3.42. The van der Waals surface area contributed by atoms with Crippen molar-refractivity contribution in [3.63, 3.8) is 0 Å². The smallest absolute Gasteiger partial charge is 0.433 e. The van der Waals surface area contributed by atoms with E-state index in [2.05, 4.69) is 15.3 Å². The topological polar surface area (TPSA) is 107 Å². The summed E-state index contributed by atoms with van der Waals surface area (Å²) in [6.07, 6.45) is -4.71. The Balaban J connectivity index is 1.77. The Morgan fingerprint density at radius 2 is 1.88 bits per heavy atom. The Hall–Kier alpha value is -3.38. The number of nitrogens with one attached hydrogen (secondary N) is 1. The van der Waals surface area contributed by atoms with Crippen LogP contribution in [0, 0.1) is 10.1 Å². The number of benzene rings is 2. The summed E-state index contributed by atoms with van der Waals surface area (Å²) in [5, 5.41) is 13.6. The lowest BCUT2D eigenvalue weighted by Crippen LogP contribution is -2.15. The van der Waals surface area contributed by atoms with Crippen LogP contribution in [0.1, 0.15) is 5.69 Å². The van der Waals surface area contributed by atoms with Crippen molar-refractivity contribution < 1.29 is 27.6 Å². The van der Waals surface area contributed by atoms with Crippen LogP contribution in [0.3, 0.4) is 0 Å². The van der Waals surface area contributed by atoms with E-state index in [9.17, 15) is 28.1 Å². The highest BCUT2D eigenvalue weighted by Gasteiger charge is 2.34. The first-order chi connectivity index (χ1) is 15.6. The Bertz CT molecular complexity index is 1190. The van der Waals surface area contributed by atoms with Crippen molar-refractivity contribution in [1.82, 2.24) is 9.97 Å². The van der Waals surface area contributed by atoms with E-state index in [0.29, 0.717) is 22.3 Å². The van der Waals surface area contributed by atoms with Crippen LogP contribution in [0.5, 0.6) is 5.75 Å². The minimum Gasteiger partial charge on any atom is -0.490 e. The number of nitro groups is 1. The zero-order chi connectivity index (χ0) is 24.2. The van der Waals surface area contributed by atoms with Gasteiger partial charge >= 0.3 is 11.9 Å². The van der Waals surface area contributed by atoms with Gasteiger partial charge in [-0.25, -0.2) is 9.97 Å². The van der Waals surface area contributed by atoms with Gasteiger partial charge in [-0.15, -0.1) is 0 Å². The first kappa shape index (κ1) is 24.3. The number of thioether (sulfide) groups is 1. The van der Waals surface area contributed by atoms with Crippen molar-refractivity contribution in [3.8, 4) is 17.0 Å². The maximum absolute atomic E-state index is 13.3. The summed E-state index contributed by atoms with van der Waals surface area (Å²) in [7, 11) is 1.24. The summed E-state index contributed by atoms with van der Waals surface area (Å²) in [5.41, 5.74) is -0.786. The summed E-state index contributed by atoms with van der Waals surface area (Å²) in [4.78, 5) is 30.2. The molecule has 33 heavy (non-hydrogen) atoms. The minimum absolute atomic E-state index is 0.0250. The van der Waals surface area contributed by atoms with Gasteiger partial charge in [-0.05, 0) is 24.3 Å². The molecule has 3 aromatic rings. The third-order valence-corrected chi connectivity index (χ3v) is 5.23. The number of carbonyl (C=O) groups excluding carboxylic acids is 1. The molecule has 0 radical (unpaired) electrons. The molecule has 2 aromatic carbocycles. The summed E-state index contributed by atoms with van der Waals surface area (Å²) in [5.74, 6) is -0.940. The lowest BCUT2D eigenvalue weighted by molar-refractivity contribution is -0.385. The molecule has 0 aliphatic rings. The fourth-order valence-electron chi connectivity index (χ4n) is 2.64. The van der Waals surface area contributed by atoms with Gasteiger partial charge in [-0.1, -0.05) is 35.5 Å². The first-order valence-corrected chi connectivity index (χ1v) is 10.4. The molecule has 3 rings (SSSR count). The van der Waals surface area contributed by atoms with Gasteiger partial charge in [0.05, 0.1) is 23.5 Å². The molecule has 1 aromatic heterocycles. The predicted octanol–water partition coefficient (Wildman–Crippen LogP) is 5.46. The minimum atomic E-state index is -4.71. The molecule has 0 saturated heterocycles. The number of amides is 1. The Morgan fingerprint density at radius 3 is 2.48 bits per heavy atom. The molecular weight excluding hydrogens is 485 g/mol. The molecule has 1 heterocycles. The van der Waals surface area contributed by atoms with E-state index in [1.54, 1.807) is 0 Å². The van der Waals surface area contributed by atoms with E-state index in [0.717, 1.165) is 12.1 Å². The van der Waals surface area contributed by atoms with Crippen molar-refractivity contribution in [3.05, 3.63) is 69.4 Å². The van der Waals surface area contributed by atoms with Crippen LogP contribution in [0.25, 0.3) is 11.3 Å². The van der Waals surface area contributed by atoms with E-state index in [-0.39, 0.29) is 33.7 Å². The van der Waals surface area contributed by atoms with Crippen LogP contribution < -0.4 is 10.1 Å². The molecule has 0 spiro atoms. The van der Waals surface area contributed by atoms with Crippen LogP contribution in [0.15, 0.2) is 53.7 Å². The quantitative estimate of drug-likeness (QED) is 0.199. The van der Waals surface area contributed by atoms with Crippen molar-refractivity contribution >= 4 is 40.6 Å². The second-order valence-corrected chi connectivity index (χ2v) is 7.79. The molecule has 1 amide bonds. The maximum Gasteiger partial charge on any atom is 0.433 e. The van der Waals surface area contributed by atoms with Crippen LogP contribution in [-0.4, -0.2) is 33.7 Å². The molecule has 172 valence electrons. The van der Waals surface area contributed by atoms with Crippen molar-refractivity contribution in [1.29, 1.82) is 0 Å². The van der Waals surface area contributed by atoms with Gasteiger partial charge in [0.15, 0.2) is 10.9 Å². The lowest BCUT2D eigenvalue weighted by atomic mass is 10.1. The molecular formula is C20H14ClF3N4O4S. The van der Waals surface area contributed by atoms with Gasteiger partial charge in [0.1, 0.15) is 5.69 Å². The molecule has 0 aliphatic carbocycles. The van der Waals surface area contributed by atoms with Crippen LogP contribution in [0.4, 0.5) is 24.5 Å². The maximum atomic E-state index is 13.3. The number of halogens is 4. The normalized spacial score (nSPS) is 11.2. The van der Waals surface area contributed by atoms with E-state index in [1.165, 1.54) is 43.5 Å². The van der Waals surface area contributed by atoms with Gasteiger partial charge in [0, 0.05) is 28.4 Å². The van der Waals surface area contributed by atoms with E-state index < -0.39 is 22.7 Å². The van der Waals surface area contributed by atoms with Gasteiger partial charge in [-0.3, -0.25) is 14.9 Å². The highest BCUT2D eigenvalue weighted by Crippen LogP contribution is 2.33. The molecule has 13 heteroatoms. The zero-order valence-corrected chi connectivity index (χ0v) is 18.3. The zero-order valence-electron chi connectivity index (χ0n) is 16.7. The number of nitro benzene ring substituents is 1. The number of anilines is 1. The number of aromatic nitrogens is 2. The number of methoxy groups -OCH3 is 1. The lowest BCUT2D eigenvalue weighted by Gasteiger charge is -2.11. The van der Waals surface area contributed by atoms with E-state index >= 15 is 0 Å². The summed E-state index contributed by atoms with van der Waals surface area (Å²) >= 11 is 6.53. The summed E-state index contributed by atoms with van der Waals surface area (Å²) in [6, 6.07) is 10.6. The molecule has 0 saturated carbocycles. The number of nitrogens with zero attached hydrogens (tertiary/aromatic N) is 3. The number of rotatable bonds is 7. The van der Waals surface area contributed by atoms with Crippen LogP contribution >= 0.6 is 23.4 Å². The number of carbonyl (C=O) groups is 1. The Morgan fingerprint density at radius 1 is 1.18 bits per heavy atom. The largest absolute Gasteiger partial charge is 0.490 e. The van der Waals surface area contributed by atoms with E-state index in [4.69, 9.17) is 16.3 Å². The Labute approximate surface area is 194 Å². The van der Waals surface area contributed by atoms with Gasteiger partial charge in [0.25, 0.3) is 0 Å². The third kappa shape index (κ3) is 6.33. The second-order valence-electron chi connectivity index (χ2n) is 6.41. The highest BCUT2D eigenvalue weighted by atomic mass is 35.5. The standard InChI is InChI=1S/C20H14ClF3N4O4S/c1-32-16-8-13(6-7-15(16)28(30)31)25-18(29)10-33-19-26-14(9-17(27-19)20(22,23)24)11-2-4-12(21)5-3-11/h2-9H,10H2,1H3,(H,25,29). The molecule has 0 aliphatic heterocycles. The fraction of sp³-hybridized carbons (Fsp3) is 0.150. The van der Waals surface area contributed by atoms with Gasteiger partial charge in [0.2, 0.25) is 5.91 Å². The van der Waals surface area contributed by atoms with E-state index in [1.807, 2.05) is 0 Å². The van der Waals surface area contributed by atoms with Crippen LogP contribution in [0.2, 0.25) is 5.02 Å². The van der Waals surface area contributed by atoms with Crippen molar-refractivity contribution in [2.45, 2.75) is 11.3 Å². The van der Waals surface area contributed by atoms with Gasteiger partial charge in [-0.2, -0.15) is 13.2 Å². The molecule has 0 unspecified atom stereocenters. The highest BCUT2D eigenvalue weighted by molar-refractivity contribution is 7.99. The SMILES string of the molecule is COc1cc(NC(=O)CSc2nc(-c3ccc(Cl)cc3)cc(C(F)(F)F)n2)ccc1[N+](=O)[O-]. The first-order valence-electron chi connectivity index (χ1n) is 9.04. The molecule has 8 nitrogen and oxygen atoms in total. The number of ether oxygens (including phenoxy) is 1. The summed E-state index contributed by atoms with van der Waals surface area (Å²) < 4.78 is 44.9. The predicted molar refractivity (Wildman–Crippen MR) is 116 cm³/mol. The number of hydrogen-bond donors (Lipinski definition) is 1.